The molecular weight excluding hydrogens is 210 g/mol. The minimum atomic E-state index is -0.723. The Hall–Kier alpha value is -0.870. The Morgan fingerprint density at radius 1 is 1.60 bits per heavy atom. The number of carbonyl (C=O) groups excluding carboxylic acids is 1. The van der Waals surface area contributed by atoms with Crippen LogP contribution in [-0.4, -0.2) is 30.1 Å². The van der Waals surface area contributed by atoms with Crippen molar-refractivity contribution in [2.45, 2.75) is 26.4 Å². The number of likely N-dealkylation sites (N-methyl/N-ethyl adjacent to an activating group) is 1. The summed E-state index contributed by atoms with van der Waals surface area (Å²) in [5.74, 6) is 0. The summed E-state index contributed by atoms with van der Waals surface area (Å²) in [6.45, 7) is 6.98. The quantitative estimate of drug-likeness (QED) is 0.784. The minimum absolute atomic E-state index is 0.568. The lowest BCUT2D eigenvalue weighted by Gasteiger charge is -2.28. The Bertz CT molecular complexity index is 328. The molecule has 1 aromatic rings. The number of thiophene rings is 1. The first-order valence-electron chi connectivity index (χ1n) is 4.97. The van der Waals surface area contributed by atoms with E-state index in [-0.39, 0.29) is 0 Å². The molecule has 0 spiro atoms. The van der Waals surface area contributed by atoms with E-state index in [4.69, 9.17) is 0 Å². The standard InChI is InChI=1S/C11H17NO2S/c1-4-12(8-11(2,3)14)9-5-10(6-13)15-7-9/h5-7,14H,4,8H2,1-3H3. The highest BCUT2D eigenvalue weighted by atomic mass is 32.1. The fraction of sp³-hybridized carbons (Fsp3) is 0.545. The van der Waals surface area contributed by atoms with E-state index in [1.54, 1.807) is 13.8 Å². The van der Waals surface area contributed by atoms with E-state index in [0.717, 1.165) is 23.4 Å². The van der Waals surface area contributed by atoms with Crippen LogP contribution in [0.1, 0.15) is 30.4 Å². The number of hydrogen-bond donors (Lipinski definition) is 1. The van der Waals surface area contributed by atoms with Gasteiger partial charge in [-0.05, 0) is 26.8 Å². The van der Waals surface area contributed by atoms with Crippen LogP contribution in [0.15, 0.2) is 11.4 Å². The number of rotatable bonds is 5. The van der Waals surface area contributed by atoms with Gasteiger partial charge in [0.2, 0.25) is 0 Å². The summed E-state index contributed by atoms with van der Waals surface area (Å²) in [6.07, 6.45) is 0.853. The van der Waals surface area contributed by atoms with E-state index in [0.29, 0.717) is 6.54 Å². The Labute approximate surface area is 94.3 Å². The number of carbonyl (C=O) groups is 1. The van der Waals surface area contributed by atoms with Gasteiger partial charge in [0.15, 0.2) is 6.29 Å². The van der Waals surface area contributed by atoms with Gasteiger partial charge >= 0.3 is 0 Å². The van der Waals surface area contributed by atoms with E-state index in [1.807, 2.05) is 18.4 Å². The second-order valence-corrected chi connectivity index (χ2v) is 5.09. The van der Waals surface area contributed by atoms with Crippen molar-refractivity contribution in [2.24, 2.45) is 0 Å². The predicted octanol–water partition coefficient (Wildman–Crippen LogP) is 2.16. The molecule has 0 radical (unpaired) electrons. The fourth-order valence-electron chi connectivity index (χ4n) is 1.42. The molecule has 0 aliphatic carbocycles. The van der Waals surface area contributed by atoms with Crippen molar-refractivity contribution in [3.05, 3.63) is 16.3 Å². The van der Waals surface area contributed by atoms with Crippen LogP contribution in [-0.2, 0) is 0 Å². The summed E-state index contributed by atoms with van der Waals surface area (Å²) in [4.78, 5) is 13.3. The second kappa shape index (κ2) is 4.77. The van der Waals surface area contributed by atoms with Crippen LogP contribution in [0.25, 0.3) is 0 Å². The molecule has 0 saturated carbocycles. The number of aliphatic hydroxyl groups is 1. The topological polar surface area (TPSA) is 40.5 Å². The molecule has 4 heteroatoms. The molecule has 0 aromatic carbocycles. The van der Waals surface area contributed by atoms with Gasteiger partial charge < -0.3 is 10.0 Å². The summed E-state index contributed by atoms with van der Waals surface area (Å²) in [7, 11) is 0. The Balaban J connectivity index is 2.78. The van der Waals surface area contributed by atoms with Crippen LogP contribution in [0, 0.1) is 0 Å². The van der Waals surface area contributed by atoms with Crippen LogP contribution in [0.4, 0.5) is 5.69 Å². The maximum atomic E-state index is 10.6. The van der Waals surface area contributed by atoms with Crippen molar-refractivity contribution >= 4 is 23.3 Å². The molecule has 15 heavy (non-hydrogen) atoms. The highest BCUT2D eigenvalue weighted by molar-refractivity contribution is 7.12. The smallest absolute Gasteiger partial charge is 0.160 e. The maximum Gasteiger partial charge on any atom is 0.160 e. The van der Waals surface area contributed by atoms with Gasteiger partial charge in [0.1, 0.15) is 0 Å². The predicted molar refractivity (Wildman–Crippen MR) is 63.9 cm³/mol. The summed E-state index contributed by atoms with van der Waals surface area (Å²) in [5, 5.41) is 11.7. The second-order valence-electron chi connectivity index (χ2n) is 4.15. The van der Waals surface area contributed by atoms with Gasteiger partial charge in [-0.3, -0.25) is 4.79 Å². The molecule has 84 valence electrons. The van der Waals surface area contributed by atoms with E-state index >= 15 is 0 Å². The van der Waals surface area contributed by atoms with E-state index in [1.165, 1.54) is 11.3 Å². The lowest BCUT2D eigenvalue weighted by atomic mass is 10.1. The first-order chi connectivity index (χ1) is 6.96. The molecule has 1 N–H and O–H groups in total. The lowest BCUT2D eigenvalue weighted by molar-refractivity contribution is 0.0876. The third kappa shape index (κ3) is 3.64. The van der Waals surface area contributed by atoms with Crippen molar-refractivity contribution < 1.29 is 9.90 Å². The first-order valence-corrected chi connectivity index (χ1v) is 5.85. The maximum absolute atomic E-state index is 10.6. The number of anilines is 1. The van der Waals surface area contributed by atoms with Crippen molar-refractivity contribution in [1.29, 1.82) is 0 Å². The third-order valence-electron chi connectivity index (χ3n) is 2.05. The highest BCUT2D eigenvalue weighted by Crippen LogP contribution is 2.23. The highest BCUT2D eigenvalue weighted by Gasteiger charge is 2.18. The van der Waals surface area contributed by atoms with Gasteiger partial charge in [-0.25, -0.2) is 0 Å². The average molecular weight is 227 g/mol. The number of aldehydes is 1. The zero-order chi connectivity index (χ0) is 11.5. The first kappa shape index (κ1) is 12.2. The Morgan fingerprint density at radius 2 is 2.27 bits per heavy atom. The zero-order valence-electron chi connectivity index (χ0n) is 9.36. The molecular formula is C11H17NO2S. The number of nitrogens with zero attached hydrogens (tertiary/aromatic N) is 1. The van der Waals surface area contributed by atoms with Gasteiger partial charge in [0.05, 0.1) is 10.5 Å². The summed E-state index contributed by atoms with van der Waals surface area (Å²) in [6, 6.07) is 1.85. The van der Waals surface area contributed by atoms with Crippen LogP contribution < -0.4 is 4.90 Å². The summed E-state index contributed by atoms with van der Waals surface area (Å²) in [5.41, 5.74) is 0.283. The molecule has 1 heterocycles. The molecule has 0 fully saturated rings. The van der Waals surface area contributed by atoms with Crippen molar-refractivity contribution in [1.82, 2.24) is 0 Å². The zero-order valence-corrected chi connectivity index (χ0v) is 10.2. The van der Waals surface area contributed by atoms with Gasteiger partial charge in [0.25, 0.3) is 0 Å². The largest absolute Gasteiger partial charge is 0.389 e. The average Bonchev–Trinajstić information content (AvgIpc) is 2.60. The number of hydrogen-bond acceptors (Lipinski definition) is 4. The molecule has 1 rings (SSSR count). The van der Waals surface area contributed by atoms with Crippen LogP contribution in [0.5, 0.6) is 0 Å². The van der Waals surface area contributed by atoms with Crippen molar-refractivity contribution in [2.75, 3.05) is 18.0 Å². The minimum Gasteiger partial charge on any atom is -0.389 e. The van der Waals surface area contributed by atoms with E-state index < -0.39 is 5.60 Å². The third-order valence-corrected chi connectivity index (χ3v) is 2.89. The van der Waals surface area contributed by atoms with Crippen LogP contribution in [0.3, 0.4) is 0 Å². The van der Waals surface area contributed by atoms with Crippen molar-refractivity contribution in [3.8, 4) is 0 Å². The normalized spacial score (nSPS) is 11.5. The molecule has 1 aromatic heterocycles. The van der Waals surface area contributed by atoms with Crippen LogP contribution >= 0.6 is 11.3 Å². The molecule has 0 unspecified atom stereocenters. The summed E-state index contributed by atoms with van der Waals surface area (Å²) < 4.78 is 0. The van der Waals surface area contributed by atoms with Gasteiger partial charge in [0, 0.05) is 24.2 Å². The molecule has 0 aliphatic heterocycles. The fourth-order valence-corrected chi connectivity index (χ4v) is 2.14. The molecule has 3 nitrogen and oxygen atoms in total. The van der Waals surface area contributed by atoms with Gasteiger partial charge in [-0.1, -0.05) is 0 Å². The van der Waals surface area contributed by atoms with E-state index in [2.05, 4.69) is 4.90 Å². The van der Waals surface area contributed by atoms with E-state index in [9.17, 15) is 9.90 Å². The molecule has 0 atom stereocenters. The van der Waals surface area contributed by atoms with Gasteiger partial charge in [-0.15, -0.1) is 11.3 Å². The Morgan fingerprint density at radius 3 is 2.67 bits per heavy atom. The van der Waals surface area contributed by atoms with Crippen LogP contribution in [0.2, 0.25) is 0 Å². The Kier molecular flexibility index (Phi) is 3.88. The lowest BCUT2D eigenvalue weighted by Crippen LogP contribution is -2.38. The monoisotopic (exact) mass is 227 g/mol. The molecule has 0 saturated heterocycles. The molecule has 0 amide bonds. The molecule has 0 aliphatic rings. The molecule has 0 bridgehead atoms. The SMILES string of the molecule is CCN(CC(C)(C)O)c1csc(C=O)c1. The van der Waals surface area contributed by atoms with Crippen molar-refractivity contribution in [3.63, 3.8) is 0 Å². The van der Waals surface area contributed by atoms with Gasteiger partial charge in [-0.2, -0.15) is 0 Å². The summed E-state index contributed by atoms with van der Waals surface area (Å²) >= 11 is 1.43.